The van der Waals surface area contributed by atoms with Gasteiger partial charge in [-0.2, -0.15) is 0 Å². The predicted molar refractivity (Wildman–Crippen MR) is 211 cm³/mol. The summed E-state index contributed by atoms with van der Waals surface area (Å²) < 4.78 is 4.76. The van der Waals surface area contributed by atoms with Gasteiger partial charge in [0.2, 0.25) is 0 Å². The van der Waals surface area contributed by atoms with Gasteiger partial charge in [-0.25, -0.2) is 19.8 Å². The van der Waals surface area contributed by atoms with E-state index in [9.17, 15) is 0 Å². The van der Waals surface area contributed by atoms with Crippen molar-refractivity contribution in [3.05, 3.63) is 181 Å². The van der Waals surface area contributed by atoms with E-state index in [4.69, 9.17) is 21.5 Å². The molecular weight excluding hydrogens is 637 g/mol. The Bertz CT molecular complexity index is 3010. The molecule has 0 aliphatic carbocycles. The number of rotatable bonds is 5. The van der Waals surface area contributed by atoms with Crippen LogP contribution in [-0.2, 0) is 0 Å². The summed E-state index contributed by atoms with van der Waals surface area (Å²) in [5.41, 5.74) is 9.90. The molecule has 0 atom stereocenters. The van der Waals surface area contributed by atoms with Crippen molar-refractivity contribution >= 4 is 49.3 Å². The maximum atomic E-state index is 7.53. The van der Waals surface area contributed by atoms with Crippen molar-refractivity contribution in [2.75, 3.05) is 0 Å². The number of nitrogens with zero attached hydrogens (tertiary/aromatic N) is 6. The minimum absolute atomic E-state index is 0.526. The first-order valence-corrected chi connectivity index (χ1v) is 17.2. The first kappa shape index (κ1) is 29.5. The average molecular weight is 665 g/mol. The smallest absolute Gasteiger partial charge is 0.187 e. The minimum atomic E-state index is 0.526. The van der Waals surface area contributed by atoms with Crippen LogP contribution in [0.4, 0.5) is 5.69 Å². The van der Waals surface area contributed by atoms with Crippen molar-refractivity contribution < 1.29 is 0 Å². The van der Waals surface area contributed by atoms with E-state index in [1.807, 2.05) is 48.5 Å². The number of hydrogen-bond donors (Lipinski definition) is 0. The van der Waals surface area contributed by atoms with Crippen molar-refractivity contribution in [1.29, 1.82) is 0 Å². The molecule has 52 heavy (non-hydrogen) atoms. The second-order valence-corrected chi connectivity index (χ2v) is 12.8. The Morgan fingerprint density at radius 2 is 0.962 bits per heavy atom. The van der Waals surface area contributed by atoms with E-state index < -0.39 is 0 Å². The monoisotopic (exact) mass is 664 g/mol. The van der Waals surface area contributed by atoms with E-state index in [2.05, 4.69) is 129 Å². The summed E-state index contributed by atoms with van der Waals surface area (Å²) in [4.78, 5) is 18.4. The Labute approximate surface area is 299 Å². The average Bonchev–Trinajstić information content (AvgIpc) is 3.74. The number of hydrogen-bond acceptors (Lipinski definition) is 3. The molecular formula is C46H28N6. The zero-order valence-electron chi connectivity index (χ0n) is 27.8. The number of benzene rings is 7. The highest BCUT2D eigenvalue weighted by Gasteiger charge is 2.21. The van der Waals surface area contributed by atoms with E-state index in [-0.39, 0.29) is 0 Å². The highest BCUT2D eigenvalue weighted by atomic mass is 15.0. The molecule has 0 saturated carbocycles. The van der Waals surface area contributed by atoms with Gasteiger partial charge >= 0.3 is 0 Å². The lowest BCUT2D eigenvalue weighted by Gasteiger charge is -2.12. The molecule has 10 rings (SSSR count). The van der Waals surface area contributed by atoms with Crippen LogP contribution in [0.25, 0.3) is 94.0 Å². The van der Waals surface area contributed by atoms with Crippen molar-refractivity contribution in [2.45, 2.75) is 0 Å². The van der Waals surface area contributed by atoms with Gasteiger partial charge in [0.05, 0.1) is 28.6 Å². The molecule has 0 fully saturated rings. The summed E-state index contributed by atoms with van der Waals surface area (Å²) >= 11 is 0. The molecule has 7 aromatic carbocycles. The molecule has 0 aliphatic heterocycles. The van der Waals surface area contributed by atoms with E-state index in [1.54, 1.807) is 6.07 Å². The third-order valence-electron chi connectivity index (χ3n) is 9.77. The number of fused-ring (bicyclic) bond motifs is 7. The summed E-state index contributed by atoms with van der Waals surface area (Å²) in [5.74, 6) is 1.68. The van der Waals surface area contributed by atoms with Crippen LogP contribution in [0.15, 0.2) is 170 Å². The fourth-order valence-electron chi connectivity index (χ4n) is 7.46. The highest BCUT2D eigenvalue weighted by molar-refractivity contribution is 6.26. The molecule has 10 aromatic rings. The fraction of sp³-hybridized carbons (Fsp3) is 0. The molecule has 3 heterocycles. The van der Waals surface area contributed by atoms with Gasteiger partial charge in [0.25, 0.3) is 0 Å². The van der Waals surface area contributed by atoms with Gasteiger partial charge < -0.3 is 9.13 Å². The molecule has 0 spiro atoms. The van der Waals surface area contributed by atoms with Crippen molar-refractivity contribution in [1.82, 2.24) is 24.1 Å². The maximum absolute atomic E-state index is 7.53. The Morgan fingerprint density at radius 1 is 0.404 bits per heavy atom. The molecule has 0 N–H and O–H groups in total. The molecule has 242 valence electrons. The molecule has 0 radical (unpaired) electrons. The van der Waals surface area contributed by atoms with Gasteiger partial charge in [0.15, 0.2) is 23.2 Å². The molecule has 0 aliphatic rings. The van der Waals surface area contributed by atoms with E-state index in [1.165, 1.54) is 32.6 Å². The van der Waals surface area contributed by atoms with Crippen molar-refractivity contribution in [2.24, 2.45) is 0 Å². The molecule has 0 unspecified atom stereocenters. The van der Waals surface area contributed by atoms with Gasteiger partial charge in [0.1, 0.15) is 0 Å². The molecule has 3 aromatic heterocycles. The summed E-state index contributed by atoms with van der Waals surface area (Å²) in [6, 6.07) is 58.3. The van der Waals surface area contributed by atoms with Crippen LogP contribution in [0.5, 0.6) is 0 Å². The first-order chi connectivity index (χ1) is 25.7. The molecule has 0 bridgehead atoms. The minimum Gasteiger partial charge on any atom is -0.309 e. The zero-order valence-corrected chi connectivity index (χ0v) is 27.8. The van der Waals surface area contributed by atoms with Crippen LogP contribution in [0.3, 0.4) is 0 Å². The Balaban J connectivity index is 1.19. The topological polar surface area (TPSA) is 52.9 Å². The Morgan fingerprint density at radius 3 is 1.67 bits per heavy atom. The van der Waals surface area contributed by atoms with Gasteiger partial charge in [-0.1, -0.05) is 109 Å². The third kappa shape index (κ3) is 4.68. The summed E-state index contributed by atoms with van der Waals surface area (Å²) in [6.45, 7) is 7.53. The molecule has 0 saturated heterocycles. The van der Waals surface area contributed by atoms with Crippen molar-refractivity contribution in [3.63, 3.8) is 0 Å². The quantitative estimate of drug-likeness (QED) is 0.172. The first-order valence-electron chi connectivity index (χ1n) is 17.2. The number of aromatic nitrogens is 5. The second-order valence-electron chi connectivity index (χ2n) is 12.8. The predicted octanol–water partition coefficient (Wildman–Crippen LogP) is 11.6. The SMILES string of the molecule is [C-]#[N+]c1cccc(-c2nc(-c3ccccc3)nc(-c3ccc(-n4c5ccccc5c5ccc6c(c7ccccc7n6-c6ccccc6)c54)cc3)n2)c1. The lowest BCUT2D eigenvalue weighted by Crippen LogP contribution is -2.00. The summed E-state index contributed by atoms with van der Waals surface area (Å²) in [7, 11) is 0. The van der Waals surface area contributed by atoms with Crippen LogP contribution < -0.4 is 0 Å². The normalized spacial score (nSPS) is 11.4. The zero-order chi connectivity index (χ0) is 34.6. The van der Waals surface area contributed by atoms with Gasteiger partial charge in [0, 0.05) is 49.6 Å². The van der Waals surface area contributed by atoms with Crippen LogP contribution >= 0.6 is 0 Å². The lowest BCUT2D eigenvalue weighted by molar-refractivity contribution is 1.07. The highest BCUT2D eigenvalue weighted by Crippen LogP contribution is 2.42. The lowest BCUT2D eigenvalue weighted by atomic mass is 10.1. The fourth-order valence-corrected chi connectivity index (χ4v) is 7.46. The van der Waals surface area contributed by atoms with Crippen molar-refractivity contribution in [3.8, 4) is 45.5 Å². The summed E-state index contributed by atoms with van der Waals surface area (Å²) in [6.07, 6.45) is 0. The van der Waals surface area contributed by atoms with E-state index in [0.29, 0.717) is 23.2 Å². The van der Waals surface area contributed by atoms with Crippen LogP contribution in [0, 0.1) is 6.57 Å². The van der Waals surface area contributed by atoms with Crippen LogP contribution in [0.2, 0.25) is 0 Å². The largest absolute Gasteiger partial charge is 0.309 e. The molecule has 0 amide bonds. The van der Waals surface area contributed by atoms with E-state index in [0.717, 1.165) is 39.1 Å². The van der Waals surface area contributed by atoms with Gasteiger partial charge in [-0.05, 0) is 60.7 Å². The second kappa shape index (κ2) is 11.9. The van der Waals surface area contributed by atoms with E-state index >= 15 is 0 Å². The molecule has 6 nitrogen and oxygen atoms in total. The van der Waals surface area contributed by atoms with Crippen LogP contribution in [-0.4, -0.2) is 24.1 Å². The maximum Gasteiger partial charge on any atom is 0.187 e. The van der Waals surface area contributed by atoms with Crippen LogP contribution in [0.1, 0.15) is 0 Å². The Hall–Kier alpha value is -7.36. The molecule has 6 heteroatoms. The third-order valence-corrected chi connectivity index (χ3v) is 9.77. The van der Waals surface area contributed by atoms with Gasteiger partial charge in [-0.3, -0.25) is 0 Å². The van der Waals surface area contributed by atoms with Gasteiger partial charge in [-0.15, -0.1) is 0 Å². The standard InChI is InChI=1S/C46H28N6/c1-47-33-16-12-15-32(29-33)46-49-44(30-13-4-2-5-14-30)48-45(50-46)31-23-25-35(26-24-31)52-39-21-10-8-19-36(39)37-27-28-41-42(43(37)52)38-20-9-11-22-40(38)51(41)34-17-6-3-7-18-34/h2-29H. The number of para-hydroxylation sites is 3. The summed E-state index contributed by atoms with van der Waals surface area (Å²) in [5, 5.41) is 4.84. The Kier molecular flexibility index (Phi) is 6.76.